The van der Waals surface area contributed by atoms with Crippen molar-refractivity contribution >= 4 is 16.9 Å². The van der Waals surface area contributed by atoms with Crippen molar-refractivity contribution in [2.24, 2.45) is 7.05 Å². The van der Waals surface area contributed by atoms with Crippen molar-refractivity contribution in [2.45, 2.75) is 33.2 Å². The molecule has 0 aliphatic rings. The molecule has 96 valence electrons. The number of fused-ring (bicyclic) bond motifs is 1. The Balaban J connectivity index is 2.74. The molecule has 0 aliphatic carbocycles. The van der Waals surface area contributed by atoms with E-state index in [0.29, 0.717) is 11.3 Å². The summed E-state index contributed by atoms with van der Waals surface area (Å²) < 4.78 is 1.56. The molecule has 0 atom stereocenters. The zero-order valence-corrected chi connectivity index (χ0v) is 11.5. The number of hydrogen-bond acceptors (Lipinski definition) is 3. The van der Waals surface area contributed by atoms with Gasteiger partial charge in [-0.25, -0.2) is 4.98 Å². The minimum Gasteiger partial charge on any atom is -0.351 e. The highest BCUT2D eigenvalue weighted by Crippen LogP contribution is 2.17. The summed E-state index contributed by atoms with van der Waals surface area (Å²) in [5.74, 6) is 0.606. The molecule has 2 aromatic rings. The summed E-state index contributed by atoms with van der Waals surface area (Å²) in [5.41, 5.74) is 1.64. The van der Waals surface area contributed by atoms with Crippen molar-refractivity contribution in [1.29, 1.82) is 0 Å². The molecule has 4 heteroatoms. The van der Waals surface area contributed by atoms with E-state index in [-0.39, 0.29) is 11.1 Å². The predicted molar refractivity (Wildman–Crippen MR) is 75.1 cm³/mol. The van der Waals surface area contributed by atoms with Crippen molar-refractivity contribution in [1.82, 2.24) is 9.55 Å². The standard InChI is InChI=1S/C14H19N3O/c1-9-7-6-8-10-11(9)15-13(16-14(2,3)4)17(5)12(10)18/h6-8H,1-5H3,(H,15,16). The van der Waals surface area contributed by atoms with Gasteiger partial charge in [0.2, 0.25) is 5.95 Å². The van der Waals surface area contributed by atoms with Crippen LogP contribution in [0, 0.1) is 6.92 Å². The lowest BCUT2D eigenvalue weighted by atomic mass is 10.1. The SMILES string of the molecule is Cc1cccc2c(=O)n(C)c(NC(C)(C)C)nc12. The summed E-state index contributed by atoms with van der Waals surface area (Å²) in [6.45, 7) is 8.10. The largest absolute Gasteiger partial charge is 0.351 e. The Morgan fingerprint density at radius 2 is 1.94 bits per heavy atom. The molecule has 4 nitrogen and oxygen atoms in total. The fourth-order valence-electron chi connectivity index (χ4n) is 1.88. The zero-order valence-electron chi connectivity index (χ0n) is 11.5. The molecule has 0 spiro atoms. The quantitative estimate of drug-likeness (QED) is 0.839. The highest BCUT2D eigenvalue weighted by Gasteiger charge is 2.15. The van der Waals surface area contributed by atoms with E-state index in [2.05, 4.69) is 10.3 Å². The molecule has 1 aromatic carbocycles. The van der Waals surface area contributed by atoms with Gasteiger partial charge in [-0.05, 0) is 39.3 Å². The lowest BCUT2D eigenvalue weighted by Crippen LogP contribution is -2.32. The molecule has 0 saturated heterocycles. The first-order chi connectivity index (χ1) is 8.29. The average molecular weight is 245 g/mol. The summed E-state index contributed by atoms with van der Waals surface area (Å²) in [7, 11) is 1.74. The summed E-state index contributed by atoms with van der Waals surface area (Å²) in [6.07, 6.45) is 0. The van der Waals surface area contributed by atoms with E-state index < -0.39 is 0 Å². The lowest BCUT2D eigenvalue weighted by Gasteiger charge is -2.23. The summed E-state index contributed by atoms with van der Waals surface area (Å²) in [4.78, 5) is 16.8. The Labute approximate surface area is 107 Å². The van der Waals surface area contributed by atoms with E-state index in [9.17, 15) is 4.79 Å². The molecule has 2 rings (SSSR count). The summed E-state index contributed by atoms with van der Waals surface area (Å²) in [5, 5.41) is 3.93. The van der Waals surface area contributed by atoms with Gasteiger partial charge in [-0.3, -0.25) is 9.36 Å². The molecule has 0 saturated carbocycles. The third-order valence-corrected chi connectivity index (χ3v) is 2.80. The highest BCUT2D eigenvalue weighted by atomic mass is 16.1. The molecule has 0 aliphatic heterocycles. The van der Waals surface area contributed by atoms with Crippen LogP contribution in [0.4, 0.5) is 5.95 Å². The van der Waals surface area contributed by atoms with E-state index in [1.165, 1.54) is 0 Å². The average Bonchev–Trinajstić information content (AvgIpc) is 2.25. The molecule has 0 unspecified atom stereocenters. The molecule has 1 N–H and O–H groups in total. The van der Waals surface area contributed by atoms with Gasteiger partial charge in [-0.15, -0.1) is 0 Å². The van der Waals surface area contributed by atoms with Crippen molar-refractivity contribution in [3.8, 4) is 0 Å². The number of benzene rings is 1. The molecular formula is C14H19N3O. The fourth-order valence-corrected chi connectivity index (χ4v) is 1.88. The molecule has 1 heterocycles. The van der Waals surface area contributed by atoms with Crippen molar-refractivity contribution in [3.05, 3.63) is 34.1 Å². The fraction of sp³-hybridized carbons (Fsp3) is 0.429. The van der Waals surface area contributed by atoms with Crippen LogP contribution >= 0.6 is 0 Å². The first-order valence-corrected chi connectivity index (χ1v) is 6.04. The van der Waals surface area contributed by atoms with Crippen LogP contribution in [0.5, 0.6) is 0 Å². The van der Waals surface area contributed by atoms with Gasteiger partial charge in [-0.1, -0.05) is 12.1 Å². The van der Waals surface area contributed by atoms with Gasteiger partial charge in [0.1, 0.15) is 0 Å². The van der Waals surface area contributed by atoms with Crippen LogP contribution in [0.25, 0.3) is 10.9 Å². The van der Waals surface area contributed by atoms with Crippen LogP contribution in [0.3, 0.4) is 0 Å². The smallest absolute Gasteiger partial charge is 0.262 e. The maximum atomic E-state index is 12.3. The second-order valence-corrected chi connectivity index (χ2v) is 5.65. The first kappa shape index (κ1) is 12.6. The number of nitrogens with zero attached hydrogens (tertiary/aromatic N) is 2. The van der Waals surface area contributed by atoms with Gasteiger partial charge < -0.3 is 5.32 Å². The van der Waals surface area contributed by atoms with Gasteiger partial charge in [0.25, 0.3) is 5.56 Å². The Hall–Kier alpha value is -1.84. The second kappa shape index (κ2) is 4.12. The van der Waals surface area contributed by atoms with Crippen LogP contribution < -0.4 is 10.9 Å². The van der Waals surface area contributed by atoms with E-state index in [1.54, 1.807) is 11.6 Å². The lowest BCUT2D eigenvalue weighted by molar-refractivity contribution is 0.615. The predicted octanol–water partition coefficient (Wildman–Crippen LogP) is 2.45. The summed E-state index contributed by atoms with van der Waals surface area (Å²) in [6, 6.07) is 5.67. The molecule has 18 heavy (non-hydrogen) atoms. The molecule has 0 radical (unpaired) electrons. The number of rotatable bonds is 1. The molecular weight excluding hydrogens is 226 g/mol. The van der Waals surface area contributed by atoms with Crippen LogP contribution in [0.1, 0.15) is 26.3 Å². The van der Waals surface area contributed by atoms with E-state index in [1.807, 2.05) is 45.9 Å². The Morgan fingerprint density at radius 1 is 1.28 bits per heavy atom. The van der Waals surface area contributed by atoms with Gasteiger partial charge in [0, 0.05) is 12.6 Å². The monoisotopic (exact) mass is 245 g/mol. The Morgan fingerprint density at radius 3 is 2.56 bits per heavy atom. The molecule has 0 fully saturated rings. The Bertz CT molecular complexity index is 650. The maximum absolute atomic E-state index is 12.3. The number of para-hydroxylation sites is 1. The second-order valence-electron chi connectivity index (χ2n) is 5.65. The van der Waals surface area contributed by atoms with E-state index in [4.69, 9.17) is 0 Å². The molecule has 1 aromatic heterocycles. The number of aromatic nitrogens is 2. The van der Waals surface area contributed by atoms with Crippen LogP contribution in [0.15, 0.2) is 23.0 Å². The zero-order chi connectivity index (χ0) is 13.5. The van der Waals surface area contributed by atoms with Gasteiger partial charge in [0.15, 0.2) is 0 Å². The van der Waals surface area contributed by atoms with Crippen molar-refractivity contribution in [2.75, 3.05) is 5.32 Å². The maximum Gasteiger partial charge on any atom is 0.262 e. The van der Waals surface area contributed by atoms with Crippen molar-refractivity contribution < 1.29 is 0 Å². The normalized spacial score (nSPS) is 11.8. The van der Waals surface area contributed by atoms with Crippen LogP contribution in [-0.4, -0.2) is 15.1 Å². The number of anilines is 1. The molecule has 0 amide bonds. The number of hydrogen-bond donors (Lipinski definition) is 1. The van der Waals surface area contributed by atoms with Gasteiger partial charge in [-0.2, -0.15) is 0 Å². The van der Waals surface area contributed by atoms with Gasteiger partial charge in [0.05, 0.1) is 10.9 Å². The third kappa shape index (κ3) is 2.23. The minimum atomic E-state index is -0.131. The molecule has 0 bridgehead atoms. The van der Waals surface area contributed by atoms with Gasteiger partial charge >= 0.3 is 0 Å². The van der Waals surface area contributed by atoms with Crippen molar-refractivity contribution in [3.63, 3.8) is 0 Å². The van der Waals surface area contributed by atoms with Crippen LogP contribution in [0.2, 0.25) is 0 Å². The first-order valence-electron chi connectivity index (χ1n) is 6.04. The third-order valence-electron chi connectivity index (χ3n) is 2.80. The topological polar surface area (TPSA) is 46.9 Å². The van der Waals surface area contributed by atoms with E-state index >= 15 is 0 Å². The number of aryl methyl sites for hydroxylation is 1. The van der Waals surface area contributed by atoms with Crippen LogP contribution in [-0.2, 0) is 7.05 Å². The minimum absolute atomic E-state index is 0.0181. The Kier molecular flexibility index (Phi) is 2.89. The summed E-state index contributed by atoms with van der Waals surface area (Å²) >= 11 is 0. The highest BCUT2D eigenvalue weighted by molar-refractivity contribution is 5.81. The number of nitrogens with one attached hydrogen (secondary N) is 1. The van der Waals surface area contributed by atoms with E-state index in [0.717, 1.165) is 11.1 Å².